The number of thiophene rings is 2. The molecule has 0 spiro atoms. The van der Waals surface area contributed by atoms with Gasteiger partial charge in [-0.3, -0.25) is 0 Å². The number of aryl methyl sites for hydroxylation is 2. The molecular formula is C12H11NO2S3. The van der Waals surface area contributed by atoms with Crippen LogP contribution in [-0.4, -0.2) is 14.7 Å². The summed E-state index contributed by atoms with van der Waals surface area (Å²) in [5.41, 5.74) is 2.24. The minimum atomic E-state index is -3.45. The highest BCUT2D eigenvalue weighted by Gasteiger charge is 2.15. The van der Waals surface area contributed by atoms with E-state index in [0.717, 1.165) is 16.7 Å². The first kappa shape index (κ1) is 13.3. The Labute approximate surface area is 114 Å². The van der Waals surface area contributed by atoms with E-state index in [4.69, 9.17) is 5.26 Å². The van der Waals surface area contributed by atoms with E-state index in [2.05, 4.69) is 5.38 Å². The molecule has 0 unspecified atom stereocenters. The summed E-state index contributed by atoms with van der Waals surface area (Å²) in [7, 11) is -3.45. The molecule has 0 aromatic carbocycles. The first-order valence-corrected chi connectivity index (χ1v) is 8.72. The molecule has 94 valence electrons. The molecule has 0 aliphatic rings. The van der Waals surface area contributed by atoms with Crippen molar-refractivity contribution in [3.63, 3.8) is 0 Å². The fourth-order valence-corrected chi connectivity index (χ4v) is 4.78. The Kier molecular flexibility index (Phi) is 3.32. The molecule has 0 bridgehead atoms. The first-order chi connectivity index (χ1) is 8.34. The molecular weight excluding hydrogens is 286 g/mol. The summed E-state index contributed by atoms with van der Waals surface area (Å²) in [5, 5.41) is 12.2. The normalized spacial score (nSPS) is 12.9. The summed E-state index contributed by atoms with van der Waals surface area (Å²) in [6, 6.07) is 1.75. The van der Waals surface area contributed by atoms with Crippen LogP contribution < -0.4 is 0 Å². The predicted molar refractivity (Wildman–Crippen MR) is 77.6 cm³/mol. The van der Waals surface area contributed by atoms with Gasteiger partial charge in [0.2, 0.25) is 0 Å². The Balaban J connectivity index is 2.67. The maximum atomic E-state index is 11.4. The van der Waals surface area contributed by atoms with Gasteiger partial charge in [-0.25, -0.2) is 8.42 Å². The van der Waals surface area contributed by atoms with Crippen molar-refractivity contribution in [1.29, 1.82) is 5.26 Å². The fourth-order valence-electron chi connectivity index (χ4n) is 1.72. The zero-order chi connectivity index (χ0) is 13.5. The van der Waals surface area contributed by atoms with Crippen molar-refractivity contribution in [3.05, 3.63) is 26.3 Å². The summed E-state index contributed by atoms with van der Waals surface area (Å²) in [5.74, 6) is 0. The van der Waals surface area contributed by atoms with Crippen LogP contribution in [0.1, 0.15) is 16.0 Å². The highest BCUT2D eigenvalue weighted by molar-refractivity contribution is 7.95. The van der Waals surface area contributed by atoms with Crippen molar-refractivity contribution in [2.75, 3.05) is 6.26 Å². The van der Waals surface area contributed by atoms with E-state index >= 15 is 0 Å². The number of nitriles is 1. The lowest BCUT2D eigenvalue weighted by Gasteiger charge is -1.95. The maximum Gasteiger partial charge on any atom is 0.185 e. The first-order valence-electron chi connectivity index (χ1n) is 5.13. The SMILES string of the molecule is Cc1csc2sc(/C=C(\C#N)S(C)(=O)=O)c(C)c12. The van der Waals surface area contributed by atoms with Gasteiger partial charge in [0.15, 0.2) is 9.84 Å². The van der Waals surface area contributed by atoms with Crippen molar-refractivity contribution in [2.24, 2.45) is 0 Å². The van der Waals surface area contributed by atoms with Crippen molar-refractivity contribution in [3.8, 4) is 6.07 Å². The highest BCUT2D eigenvalue weighted by atomic mass is 32.2. The molecule has 0 aliphatic carbocycles. The lowest BCUT2D eigenvalue weighted by molar-refractivity contribution is 0.609. The smallest absolute Gasteiger partial charge is 0.185 e. The summed E-state index contributed by atoms with van der Waals surface area (Å²) in [4.78, 5) is 0.666. The molecule has 2 rings (SSSR count). The van der Waals surface area contributed by atoms with Crippen LogP contribution in [0.2, 0.25) is 0 Å². The largest absolute Gasteiger partial charge is 0.223 e. The van der Waals surface area contributed by atoms with E-state index in [1.807, 2.05) is 13.8 Å². The third kappa shape index (κ3) is 2.21. The molecule has 2 aromatic heterocycles. The summed E-state index contributed by atoms with van der Waals surface area (Å²) in [6.45, 7) is 4.00. The van der Waals surface area contributed by atoms with Crippen LogP contribution in [0.3, 0.4) is 0 Å². The molecule has 18 heavy (non-hydrogen) atoms. The van der Waals surface area contributed by atoms with Crippen molar-refractivity contribution in [2.45, 2.75) is 13.8 Å². The van der Waals surface area contributed by atoms with Gasteiger partial charge in [-0.1, -0.05) is 0 Å². The molecule has 2 aromatic rings. The second kappa shape index (κ2) is 4.50. The molecule has 0 saturated heterocycles. The Morgan fingerprint density at radius 2 is 2.11 bits per heavy atom. The van der Waals surface area contributed by atoms with Crippen molar-refractivity contribution in [1.82, 2.24) is 0 Å². The lowest BCUT2D eigenvalue weighted by Crippen LogP contribution is -1.98. The van der Waals surface area contributed by atoms with Gasteiger partial charge in [-0.2, -0.15) is 5.26 Å². The summed E-state index contributed by atoms with van der Waals surface area (Å²) >= 11 is 3.18. The molecule has 0 atom stereocenters. The van der Waals surface area contributed by atoms with Crippen LogP contribution in [0.15, 0.2) is 10.3 Å². The standard InChI is InChI=1S/C12H11NO2S3/c1-7-6-16-12-11(7)8(2)10(17-12)4-9(5-13)18(3,14)15/h4,6H,1-3H3/b9-4+. The number of rotatable bonds is 2. The molecule has 6 heteroatoms. The van der Waals surface area contributed by atoms with E-state index in [1.165, 1.54) is 32.4 Å². The number of allylic oxidation sites excluding steroid dienone is 1. The number of fused-ring (bicyclic) bond motifs is 1. The predicted octanol–water partition coefficient (Wildman–Crippen LogP) is 3.49. The summed E-state index contributed by atoms with van der Waals surface area (Å²) < 4.78 is 24.0. The Hall–Kier alpha value is -1.16. The van der Waals surface area contributed by atoms with Gasteiger partial charge >= 0.3 is 0 Å². The quantitative estimate of drug-likeness (QED) is 0.797. The number of nitrogens with zero attached hydrogens (tertiary/aromatic N) is 1. The third-order valence-electron chi connectivity index (χ3n) is 2.66. The van der Waals surface area contributed by atoms with Gasteiger partial charge in [-0.05, 0) is 36.4 Å². The third-order valence-corrected chi connectivity index (χ3v) is 6.13. The molecule has 0 amide bonds. The van der Waals surface area contributed by atoms with Gasteiger partial charge in [0.05, 0.1) is 4.01 Å². The minimum absolute atomic E-state index is 0.183. The molecule has 0 fully saturated rings. The zero-order valence-electron chi connectivity index (χ0n) is 10.1. The number of hydrogen-bond acceptors (Lipinski definition) is 5. The average molecular weight is 297 g/mol. The Bertz CT molecular complexity index is 785. The van der Waals surface area contributed by atoms with Crippen molar-refractivity contribution < 1.29 is 8.42 Å². The summed E-state index contributed by atoms with van der Waals surface area (Å²) in [6.07, 6.45) is 2.53. The molecule has 0 radical (unpaired) electrons. The van der Waals surface area contributed by atoms with Crippen molar-refractivity contribution >= 4 is 48.0 Å². The second-order valence-electron chi connectivity index (χ2n) is 4.07. The lowest BCUT2D eigenvalue weighted by atomic mass is 10.1. The molecule has 0 saturated carbocycles. The zero-order valence-corrected chi connectivity index (χ0v) is 12.6. The number of sulfone groups is 1. The topological polar surface area (TPSA) is 57.9 Å². The van der Waals surface area contributed by atoms with Crippen LogP contribution in [0.25, 0.3) is 15.5 Å². The van der Waals surface area contributed by atoms with Gasteiger partial charge in [0.1, 0.15) is 11.0 Å². The fraction of sp³-hybridized carbons (Fsp3) is 0.250. The number of hydrogen-bond donors (Lipinski definition) is 0. The average Bonchev–Trinajstić information content (AvgIpc) is 2.76. The Morgan fingerprint density at radius 3 is 2.61 bits per heavy atom. The van der Waals surface area contributed by atoms with Gasteiger partial charge in [-0.15, -0.1) is 22.7 Å². The Morgan fingerprint density at radius 1 is 1.44 bits per heavy atom. The van der Waals surface area contributed by atoms with E-state index in [-0.39, 0.29) is 4.91 Å². The van der Waals surface area contributed by atoms with Gasteiger partial charge in [0, 0.05) is 16.5 Å². The molecule has 0 N–H and O–H groups in total. The molecule has 3 nitrogen and oxygen atoms in total. The molecule has 2 heterocycles. The van der Waals surface area contributed by atoms with Crippen LogP contribution in [0, 0.1) is 25.2 Å². The van der Waals surface area contributed by atoms with E-state index in [1.54, 1.807) is 17.4 Å². The monoisotopic (exact) mass is 297 g/mol. The minimum Gasteiger partial charge on any atom is -0.223 e. The van der Waals surface area contributed by atoms with Crippen LogP contribution in [0.4, 0.5) is 0 Å². The van der Waals surface area contributed by atoms with Crippen LogP contribution in [-0.2, 0) is 9.84 Å². The van der Waals surface area contributed by atoms with Gasteiger partial charge < -0.3 is 0 Å². The van der Waals surface area contributed by atoms with Gasteiger partial charge in [0.25, 0.3) is 0 Å². The second-order valence-corrected chi connectivity index (χ2v) is 8.24. The highest BCUT2D eigenvalue weighted by Crippen LogP contribution is 2.38. The van der Waals surface area contributed by atoms with Crippen LogP contribution >= 0.6 is 22.7 Å². The van der Waals surface area contributed by atoms with E-state index < -0.39 is 9.84 Å². The maximum absolute atomic E-state index is 11.4. The van der Waals surface area contributed by atoms with Crippen LogP contribution in [0.5, 0.6) is 0 Å². The molecule has 0 aliphatic heterocycles. The van der Waals surface area contributed by atoms with E-state index in [9.17, 15) is 8.42 Å². The van der Waals surface area contributed by atoms with E-state index in [0.29, 0.717) is 0 Å².